The van der Waals surface area contributed by atoms with Gasteiger partial charge in [-0.15, -0.1) is 0 Å². The van der Waals surface area contributed by atoms with Crippen molar-refractivity contribution < 1.29 is 4.92 Å². The van der Waals surface area contributed by atoms with Crippen LogP contribution in [0.5, 0.6) is 0 Å². The second-order valence-corrected chi connectivity index (χ2v) is 5.15. The molecule has 3 aromatic rings. The first-order valence-corrected chi connectivity index (χ1v) is 7.16. The molecule has 0 aliphatic rings. The van der Waals surface area contributed by atoms with E-state index in [1.165, 1.54) is 0 Å². The van der Waals surface area contributed by atoms with Crippen molar-refractivity contribution in [2.24, 2.45) is 0 Å². The number of benzene rings is 1. The van der Waals surface area contributed by atoms with E-state index in [0.29, 0.717) is 0 Å². The SMILES string of the molecule is C[C@@H](Nc1ncc([N+](=O)[O-])c(N)n1)c1cccc(-n2ccnc2)c1. The van der Waals surface area contributed by atoms with Crippen LogP contribution in [-0.4, -0.2) is 24.4 Å². The highest BCUT2D eigenvalue weighted by Gasteiger charge is 2.15. The number of nitrogen functional groups attached to an aromatic ring is 1. The molecule has 122 valence electrons. The molecule has 0 aliphatic heterocycles. The van der Waals surface area contributed by atoms with Crippen LogP contribution in [0.25, 0.3) is 5.69 Å². The summed E-state index contributed by atoms with van der Waals surface area (Å²) < 4.78 is 1.90. The zero-order chi connectivity index (χ0) is 17.1. The van der Waals surface area contributed by atoms with Gasteiger partial charge in [-0.1, -0.05) is 12.1 Å². The highest BCUT2D eigenvalue weighted by Crippen LogP contribution is 2.22. The van der Waals surface area contributed by atoms with Gasteiger partial charge >= 0.3 is 5.69 Å². The van der Waals surface area contributed by atoms with Gasteiger partial charge in [0.1, 0.15) is 6.20 Å². The van der Waals surface area contributed by atoms with E-state index in [0.717, 1.165) is 17.4 Å². The van der Waals surface area contributed by atoms with Crippen molar-refractivity contribution in [3.8, 4) is 5.69 Å². The number of nitro groups is 1. The number of hydrogen-bond acceptors (Lipinski definition) is 7. The Morgan fingerprint density at radius 3 is 2.92 bits per heavy atom. The van der Waals surface area contributed by atoms with Crippen LogP contribution in [0.1, 0.15) is 18.5 Å². The number of aromatic nitrogens is 4. The first kappa shape index (κ1) is 15.4. The normalized spacial score (nSPS) is 11.9. The second-order valence-electron chi connectivity index (χ2n) is 5.15. The number of imidazole rings is 1. The summed E-state index contributed by atoms with van der Waals surface area (Å²) in [7, 11) is 0. The molecular weight excluding hydrogens is 310 g/mol. The minimum atomic E-state index is -0.614. The standard InChI is InChI=1S/C15H15N7O2/c1-10(19-15-18-8-13(22(23)24)14(16)20-15)11-3-2-4-12(7-11)21-6-5-17-9-21/h2-10H,1H3,(H3,16,18,19,20)/t10-/m1/s1. The topological polar surface area (TPSA) is 125 Å². The Bertz CT molecular complexity index is 864. The summed E-state index contributed by atoms with van der Waals surface area (Å²) in [6.45, 7) is 1.94. The Labute approximate surface area is 137 Å². The molecule has 0 saturated carbocycles. The van der Waals surface area contributed by atoms with Crippen molar-refractivity contribution in [3.05, 3.63) is 64.9 Å². The summed E-state index contributed by atoms with van der Waals surface area (Å²) in [5.74, 6) is 0.0653. The van der Waals surface area contributed by atoms with Gasteiger partial charge in [0.2, 0.25) is 11.8 Å². The minimum Gasteiger partial charge on any atom is -0.378 e. The van der Waals surface area contributed by atoms with Gasteiger partial charge in [0.25, 0.3) is 0 Å². The van der Waals surface area contributed by atoms with Crippen LogP contribution >= 0.6 is 0 Å². The fraction of sp³-hybridized carbons (Fsp3) is 0.133. The Morgan fingerprint density at radius 2 is 2.25 bits per heavy atom. The van der Waals surface area contributed by atoms with E-state index in [4.69, 9.17) is 5.73 Å². The average molecular weight is 325 g/mol. The quantitative estimate of drug-likeness (QED) is 0.544. The first-order valence-electron chi connectivity index (χ1n) is 7.16. The monoisotopic (exact) mass is 325 g/mol. The molecule has 0 spiro atoms. The summed E-state index contributed by atoms with van der Waals surface area (Å²) in [5.41, 5.74) is 7.25. The molecule has 0 amide bonds. The Kier molecular flexibility index (Phi) is 4.06. The van der Waals surface area contributed by atoms with Gasteiger partial charge in [0.15, 0.2) is 0 Å². The van der Waals surface area contributed by atoms with Crippen molar-refractivity contribution >= 4 is 17.5 Å². The van der Waals surface area contributed by atoms with Gasteiger partial charge in [-0.2, -0.15) is 4.98 Å². The first-order chi connectivity index (χ1) is 11.5. The molecule has 3 N–H and O–H groups in total. The van der Waals surface area contributed by atoms with Crippen LogP contribution in [0, 0.1) is 10.1 Å². The minimum absolute atomic E-state index is 0.116. The van der Waals surface area contributed by atoms with Gasteiger partial charge in [-0.05, 0) is 24.6 Å². The molecule has 2 aromatic heterocycles. The number of anilines is 2. The fourth-order valence-electron chi connectivity index (χ4n) is 2.24. The Balaban J connectivity index is 1.80. The summed E-state index contributed by atoms with van der Waals surface area (Å²) in [6.07, 6.45) is 6.38. The van der Waals surface area contributed by atoms with Crippen LogP contribution in [0.4, 0.5) is 17.5 Å². The lowest BCUT2D eigenvalue weighted by molar-refractivity contribution is -0.384. The fourth-order valence-corrected chi connectivity index (χ4v) is 2.24. The molecule has 1 atom stereocenters. The number of hydrogen-bond donors (Lipinski definition) is 2. The van der Waals surface area contributed by atoms with Gasteiger partial charge < -0.3 is 15.6 Å². The van der Waals surface area contributed by atoms with E-state index in [2.05, 4.69) is 20.3 Å². The lowest BCUT2D eigenvalue weighted by atomic mass is 10.1. The number of nitrogens with two attached hydrogens (primary N) is 1. The maximum atomic E-state index is 10.7. The molecule has 1 aromatic carbocycles. The molecule has 9 heteroatoms. The number of rotatable bonds is 5. The summed E-state index contributed by atoms with van der Waals surface area (Å²) in [5, 5.41) is 13.8. The molecular formula is C15H15N7O2. The summed E-state index contributed by atoms with van der Waals surface area (Å²) in [6, 6.07) is 7.77. The highest BCUT2D eigenvalue weighted by atomic mass is 16.6. The van der Waals surface area contributed by atoms with Crippen LogP contribution in [0.3, 0.4) is 0 Å². The van der Waals surface area contributed by atoms with E-state index in [1.807, 2.05) is 42.0 Å². The molecule has 0 fully saturated rings. The smallest absolute Gasteiger partial charge is 0.329 e. The molecule has 9 nitrogen and oxygen atoms in total. The summed E-state index contributed by atoms with van der Waals surface area (Å²) in [4.78, 5) is 22.0. The third-order valence-electron chi connectivity index (χ3n) is 3.51. The van der Waals surface area contributed by atoms with Gasteiger partial charge in [0.05, 0.1) is 17.3 Å². The maximum Gasteiger partial charge on any atom is 0.329 e. The van der Waals surface area contributed by atoms with Crippen molar-refractivity contribution in [3.63, 3.8) is 0 Å². The maximum absolute atomic E-state index is 10.7. The van der Waals surface area contributed by atoms with Gasteiger partial charge in [-0.3, -0.25) is 10.1 Å². The van der Waals surface area contributed by atoms with E-state index in [-0.39, 0.29) is 23.5 Å². The van der Waals surface area contributed by atoms with Crippen molar-refractivity contribution in [2.75, 3.05) is 11.1 Å². The molecule has 0 saturated heterocycles. The highest BCUT2D eigenvalue weighted by molar-refractivity contribution is 5.53. The third-order valence-corrected chi connectivity index (χ3v) is 3.51. The molecule has 0 bridgehead atoms. The number of nitrogens with zero attached hydrogens (tertiary/aromatic N) is 5. The predicted octanol–water partition coefficient (Wildman–Crippen LogP) is 2.33. The lowest BCUT2D eigenvalue weighted by Crippen LogP contribution is -2.11. The van der Waals surface area contributed by atoms with Crippen LogP contribution in [0.15, 0.2) is 49.2 Å². The molecule has 0 aliphatic carbocycles. The molecule has 0 radical (unpaired) electrons. The molecule has 2 heterocycles. The van der Waals surface area contributed by atoms with Crippen LogP contribution < -0.4 is 11.1 Å². The van der Waals surface area contributed by atoms with Crippen molar-refractivity contribution in [1.82, 2.24) is 19.5 Å². The molecule has 3 rings (SSSR count). The number of nitrogens with one attached hydrogen (secondary N) is 1. The third kappa shape index (κ3) is 3.14. The zero-order valence-corrected chi connectivity index (χ0v) is 12.8. The lowest BCUT2D eigenvalue weighted by Gasteiger charge is -2.15. The Morgan fingerprint density at radius 1 is 1.42 bits per heavy atom. The molecule has 24 heavy (non-hydrogen) atoms. The van der Waals surface area contributed by atoms with Crippen molar-refractivity contribution in [2.45, 2.75) is 13.0 Å². The van der Waals surface area contributed by atoms with Crippen LogP contribution in [-0.2, 0) is 0 Å². The van der Waals surface area contributed by atoms with E-state index >= 15 is 0 Å². The second kappa shape index (κ2) is 6.32. The van der Waals surface area contributed by atoms with Gasteiger partial charge in [-0.25, -0.2) is 9.97 Å². The van der Waals surface area contributed by atoms with Gasteiger partial charge in [0, 0.05) is 18.1 Å². The largest absolute Gasteiger partial charge is 0.378 e. The summed E-state index contributed by atoms with van der Waals surface area (Å²) >= 11 is 0. The van der Waals surface area contributed by atoms with E-state index in [9.17, 15) is 10.1 Å². The average Bonchev–Trinajstić information content (AvgIpc) is 3.09. The molecule has 0 unspecified atom stereocenters. The van der Waals surface area contributed by atoms with Crippen molar-refractivity contribution in [1.29, 1.82) is 0 Å². The zero-order valence-electron chi connectivity index (χ0n) is 12.8. The van der Waals surface area contributed by atoms with E-state index in [1.54, 1.807) is 12.5 Å². The van der Waals surface area contributed by atoms with E-state index < -0.39 is 4.92 Å². The Hall–Kier alpha value is -3.49. The van der Waals surface area contributed by atoms with Crippen LogP contribution in [0.2, 0.25) is 0 Å². The predicted molar refractivity (Wildman–Crippen MR) is 88.7 cm³/mol.